The van der Waals surface area contributed by atoms with Gasteiger partial charge in [0.15, 0.2) is 11.5 Å². The normalized spacial score (nSPS) is 28.4. The number of piperidine rings is 1. The Balaban J connectivity index is 1.56. The van der Waals surface area contributed by atoms with E-state index in [1.54, 1.807) is 0 Å². The molecule has 1 aromatic carbocycles. The second-order valence-corrected chi connectivity index (χ2v) is 5.78. The summed E-state index contributed by atoms with van der Waals surface area (Å²) in [6.45, 7) is 3.80. The number of carbonyl (C=O) groups is 1. The molecule has 5 heteroatoms. The van der Waals surface area contributed by atoms with E-state index in [2.05, 4.69) is 5.32 Å². The van der Waals surface area contributed by atoms with E-state index in [-0.39, 0.29) is 11.3 Å². The van der Waals surface area contributed by atoms with Crippen molar-refractivity contribution >= 4 is 11.6 Å². The first kappa shape index (κ1) is 12.0. The summed E-state index contributed by atoms with van der Waals surface area (Å²) in [5.41, 5.74) is 0.751. The van der Waals surface area contributed by atoms with Crippen LogP contribution in [0.25, 0.3) is 0 Å². The number of ether oxygens (including phenoxy) is 2. The molecular weight excluding hydrogens is 256 g/mol. The zero-order valence-corrected chi connectivity index (χ0v) is 11.4. The maximum atomic E-state index is 12.5. The molecule has 1 unspecified atom stereocenters. The molecule has 1 spiro atoms. The Morgan fingerprint density at radius 2 is 2.05 bits per heavy atom. The third kappa shape index (κ3) is 1.69. The van der Waals surface area contributed by atoms with Crippen molar-refractivity contribution in [1.29, 1.82) is 0 Å². The zero-order valence-electron chi connectivity index (χ0n) is 11.4. The van der Waals surface area contributed by atoms with E-state index in [0.29, 0.717) is 13.2 Å². The average Bonchev–Trinajstić information content (AvgIpc) is 2.53. The molecule has 0 aliphatic carbocycles. The molecule has 106 valence electrons. The van der Waals surface area contributed by atoms with E-state index in [4.69, 9.17) is 9.47 Å². The number of nitrogens with one attached hydrogen (secondary N) is 1. The number of hydrogen-bond acceptors (Lipinski definition) is 4. The summed E-state index contributed by atoms with van der Waals surface area (Å²) in [6.07, 6.45) is 2.08. The summed E-state index contributed by atoms with van der Waals surface area (Å²) in [5.74, 6) is 1.74. The first-order valence-electron chi connectivity index (χ1n) is 7.21. The van der Waals surface area contributed by atoms with Gasteiger partial charge in [0.05, 0.1) is 5.41 Å². The largest absolute Gasteiger partial charge is 0.486 e. The number of carbonyl (C=O) groups excluding carboxylic acids is 1. The SMILES string of the molecule is O=C1N(c2ccc3c(c2)OCCO3)CC12CCCNC2. The number of β-lactam (4-membered cyclic amide) rings is 1. The van der Waals surface area contributed by atoms with Crippen molar-refractivity contribution in [2.45, 2.75) is 12.8 Å². The van der Waals surface area contributed by atoms with Crippen LogP contribution in [-0.4, -0.2) is 38.8 Å². The van der Waals surface area contributed by atoms with Gasteiger partial charge in [-0.2, -0.15) is 0 Å². The fourth-order valence-corrected chi connectivity index (χ4v) is 3.33. The van der Waals surface area contributed by atoms with Gasteiger partial charge in [0, 0.05) is 24.8 Å². The molecule has 3 heterocycles. The van der Waals surface area contributed by atoms with Gasteiger partial charge >= 0.3 is 0 Å². The van der Waals surface area contributed by atoms with E-state index >= 15 is 0 Å². The lowest BCUT2D eigenvalue weighted by atomic mass is 9.73. The second-order valence-electron chi connectivity index (χ2n) is 5.78. The van der Waals surface area contributed by atoms with Gasteiger partial charge in [-0.1, -0.05) is 0 Å². The van der Waals surface area contributed by atoms with Gasteiger partial charge in [-0.3, -0.25) is 4.79 Å². The van der Waals surface area contributed by atoms with Crippen LogP contribution < -0.4 is 19.7 Å². The molecule has 4 rings (SSSR count). The van der Waals surface area contributed by atoms with Gasteiger partial charge < -0.3 is 19.7 Å². The minimum absolute atomic E-state index is 0.161. The van der Waals surface area contributed by atoms with Gasteiger partial charge in [0.2, 0.25) is 5.91 Å². The fourth-order valence-electron chi connectivity index (χ4n) is 3.33. The van der Waals surface area contributed by atoms with Crippen LogP contribution in [0.4, 0.5) is 5.69 Å². The summed E-state index contributed by atoms with van der Waals surface area (Å²) < 4.78 is 11.1. The predicted molar refractivity (Wildman–Crippen MR) is 74.3 cm³/mol. The Kier molecular flexibility index (Phi) is 2.63. The average molecular weight is 274 g/mol. The highest BCUT2D eigenvalue weighted by molar-refractivity contribution is 6.05. The lowest BCUT2D eigenvalue weighted by molar-refractivity contribution is -0.136. The molecule has 0 radical (unpaired) electrons. The highest BCUT2D eigenvalue weighted by Crippen LogP contribution is 2.43. The lowest BCUT2D eigenvalue weighted by Crippen LogP contribution is -2.66. The molecule has 1 atom stereocenters. The van der Waals surface area contributed by atoms with Crippen LogP contribution >= 0.6 is 0 Å². The fraction of sp³-hybridized carbons (Fsp3) is 0.533. The number of anilines is 1. The van der Waals surface area contributed by atoms with Crippen molar-refractivity contribution in [2.75, 3.05) is 37.7 Å². The van der Waals surface area contributed by atoms with Crippen LogP contribution in [-0.2, 0) is 4.79 Å². The van der Waals surface area contributed by atoms with Crippen molar-refractivity contribution in [3.63, 3.8) is 0 Å². The molecule has 1 aromatic rings. The third-order valence-corrected chi connectivity index (χ3v) is 4.47. The number of fused-ring (bicyclic) bond motifs is 1. The monoisotopic (exact) mass is 274 g/mol. The van der Waals surface area contributed by atoms with Gasteiger partial charge in [0.25, 0.3) is 0 Å². The first-order chi connectivity index (χ1) is 9.78. The van der Waals surface area contributed by atoms with Gasteiger partial charge in [-0.15, -0.1) is 0 Å². The molecule has 1 N–H and O–H groups in total. The number of benzene rings is 1. The van der Waals surface area contributed by atoms with E-state index in [1.165, 1.54) is 0 Å². The van der Waals surface area contributed by atoms with Crippen LogP contribution in [0.2, 0.25) is 0 Å². The topological polar surface area (TPSA) is 50.8 Å². The molecule has 3 aliphatic rings. The van der Waals surface area contributed by atoms with Crippen molar-refractivity contribution in [3.05, 3.63) is 18.2 Å². The number of amides is 1. The van der Waals surface area contributed by atoms with E-state index in [1.807, 2.05) is 23.1 Å². The smallest absolute Gasteiger partial charge is 0.236 e. The molecule has 1 amide bonds. The van der Waals surface area contributed by atoms with Crippen LogP contribution in [0.3, 0.4) is 0 Å². The van der Waals surface area contributed by atoms with Crippen LogP contribution in [0.5, 0.6) is 11.5 Å². The molecule has 0 aromatic heterocycles. The van der Waals surface area contributed by atoms with Crippen LogP contribution in [0, 0.1) is 5.41 Å². The molecule has 5 nitrogen and oxygen atoms in total. The molecule has 3 aliphatic heterocycles. The molecule has 20 heavy (non-hydrogen) atoms. The zero-order chi connectivity index (χ0) is 13.6. The van der Waals surface area contributed by atoms with Crippen LogP contribution in [0.15, 0.2) is 18.2 Å². The highest BCUT2D eigenvalue weighted by Gasteiger charge is 2.52. The van der Waals surface area contributed by atoms with Crippen molar-refractivity contribution in [1.82, 2.24) is 5.32 Å². The van der Waals surface area contributed by atoms with Crippen LogP contribution in [0.1, 0.15) is 12.8 Å². The highest BCUT2D eigenvalue weighted by atomic mass is 16.6. The van der Waals surface area contributed by atoms with Crippen molar-refractivity contribution in [2.24, 2.45) is 5.41 Å². The number of rotatable bonds is 1. The molecule has 0 bridgehead atoms. The first-order valence-corrected chi connectivity index (χ1v) is 7.21. The van der Waals surface area contributed by atoms with Gasteiger partial charge in [-0.25, -0.2) is 0 Å². The van der Waals surface area contributed by atoms with Gasteiger partial charge in [0.1, 0.15) is 13.2 Å². The number of hydrogen-bond donors (Lipinski definition) is 1. The van der Waals surface area contributed by atoms with E-state index < -0.39 is 0 Å². The molecular formula is C15H18N2O3. The number of nitrogens with zero attached hydrogens (tertiary/aromatic N) is 1. The summed E-state index contributed by atoms with van der Waals surface area (Å²) in [5, 5.41) is 3.34. The quantitative estimate of drug-likeness (QED) is 0.781. The lowest BCUT2D eigenvalue weighted by Gasteiger charge is -2.50. The third-order valence-electron chi connectivity index (χ3n) is 4.47. The Bertz CT molecular complexity index is 552. The maximum Gasteiger partial charge on any atom is 0.236 e. The standard InChI is InChI=1S/C15H18N2O3/c18-14-15(4-1-5-16-9-15)10-17(14)11-2-3-12-13(8-11)20-7-6-19-12/h2-3,8,16H,1,4-7,9-10H2. The molecule has 0 saturated carbocycles. The summed E-state index contributed by atoms with van der Waals surface area (Å²) in [4.78, 5) is 14.4. The van der Waals surface area contributed by atoms with E-state index in [9.17, 15) is 4.79 Å². The molecule has 2 fully saturated rings. The summed E-state index contributed by atoms with van der Waals surface area (Å²) in [6, 6.07) is 5.74. The van der Waals surface area contributed by atoms with Crippen molar-refractivity contribution < 1.29 is 14.3 Å². The predicted octanol–water partition coefficient (Wildman–Crippen LogP) is 1.17. The summed E-state index contributed by atoms with van der Waals surface area (Å²) in [7, 11) is 0. The maximum absolute atomic E-state index is 12.5. The second kappa shape index (κ2) is 4.38. The van der Waals surface area contributed by atoms with Crippen molar-refractivity contribution in [3.8, 4) is 11.5 Å². The Labute approximate surface area is 117 Å². The minimum atomic E-state index is -0.161. The Hall–Kier alpha value is -1.75. The minimum Gasteiger partial charge on any atom is -0.486 e. The van der Waals surface area contributed by atoms with Gasteiger partial charge in [-0.05, 0) is 31.5 Å². The Morgan fingerprint density at radius 1 is 1.20 bits per heavy atom. The molecule has 2 saturated heterocycles. The Morgan fingerprint density at radius 3 is 2.80 bits per heavy atom. The van der Waals surface area contributed by atoms with E-state index in [0.717, 1.165) is 49.7 Å². The summed E-state index contributed by atoms with van der Waals surface area (Å²) >= 11 is 0.